The zero-order chi connectivity index (χ0) is 25.5. The van der Waals surface area contributed by atoms with Gasteiger partial charge in [0.2, 0.25) is 10.0 Å². The third kappa shape index (κ3) is 6.20. The number of piperazine rings is 1. The Balaban J connectivity index is 1.21. The maximum Gasteiger partial charge on any atom is 0.313 e. The number of carbonyl (C=O) groups is 2. The van der Waals surface area contributed by atoms with E-state index in [-0.39, 0.29) is 6.54 Å². The molecule has 3 aromatic rings. The molecule has 2 N–H and O–H groups in total. The third-order valence-corrected chi connectivity index (χ3v) is 7.93. The lowest BCUT2D eigenvalue weighted by Crippen LogP contribution is -2.50. The predicted octanol–water partition coefficient (Wildman–Crippen LogP) is 2.30. The van der Waals surface area contributed by atoms with Gasteiger partial charge in [0.1, 0.15) is 5.75 Å². The van der Waals surface area contributed by atoms with Gasteiger partial charge in [-0.1, -0.05) is 30.3 Å². The van der Waals surface area contributed by atoms with Crippen molar-refractivity contribution in [2.75, 3.05) is 51.2 Å². The molecule has 36 heavy (non-hydrogen) atoms. The van der Waals surface area contributed by atoms with Crippen molar-refractivity contribution in [2.45, 2.75) is 11.8 Å². The predicted molar refractivity (Wildman–Crippen MR) is 138 cm³/mol. The van der Waals surface area contributed by atoms with Gasteiger partial charge in [0.15, 0.2) is 0 Å². The Morgan fingerprint density at radius 2 is 1.58 bits per heavy atom. The second-order valence-corrected chi connectivity index (χ2v) is 10.4. The molecule has 1 heterocycles. The highest BCUT2D eigenvalue weighted by atomic mass is 32.2. The Hall–Kier alpha value is -3.47. The van der Waals surface area contributed by atoms with Crippen LogP contribution in [0.5, 0.6) is 5.75 Å². The van der Waals surface area contributed by atoms with Gasteiger partial charge in [-0.2, -0.15) is 4.31 Å². The highest BCUT2D eigenvalue weighted by Gasteiger charge is 2.28. The molecule has 0 saturated carbocycles. The van der Waals surface area contributed by atoms with Gasteiger partial charge < -0.3 is 15.4 Å². The number of nitrogens with one attached hydrogen (secondary N) is 2. The normalized spacial score (nSPS) is 14.9. The molecule has 1 aliphatic heterocycles. The molecule has 9 nitrogen and oxygen atoms in total. The molecule has 0 bridgehead atoms. The summed E-state index contributed by atoms with van der Waals surface area (Å²) in [6.45, 7) is 5.04. The molecular formula is C26H30N4O5S. The summed E-state index contributed by atoms with van der Waals surface area (Å²) in [7, 11) is -3.58. The highest BCUT2D eigenvalue weighted by molar-refractivity contribution is 7.89. The Morgan fingerprint density at radius 3 is 2.28 bits per heavy atom. The number of sulfonamides is 1. The van der Waals surface area contributed by atoms with Crippen LogP contribution in [0.3, 0.4) is 0 Å². The topological polar surface area (TPSA) is 108 Å². The van der Waals surface area contributed by atoms with Gasteiger partial charge in [-0.25, -0.2) is 8.42 Å². The SMILES string of the molecule is CCOc1ccc(NC(=O)C(=O)NCCN2CCN(S(=O)(=O)c3ccc4ccccc4c3)CC2)cc1. The van der Waals surface area contributed by atoms with E-state index in [1.165, 1.54) is 4.31 Å². The molecule has 0 aliphatic carbocycles. The van der Waals surface area contributed by atoms with Crippen molar-refractivity contribution in [3.8, 4) is 5.75 Å². The van der Waals surface area contributed by atoms with Gasteiger partial charge in [-0.15, -0.1) is 0 Å². The molecule has 0 aromatic heterocycles. The minimum absolute atomic E-state index is 0.285. The van der Waals surface area contributed by atoms with Crippen LogP contribution in [0, 0.1) is 0 Å². The highest BCUT2D eigenvalue weighted by Crippen LogP contribution is 2.23. The summed E-state index contributed by atoms with van der Waals surface area (Å²) >= 11 is 0. The minimum Gasteiger partial charge on any atom is -0.494 e. The van der Waals surface area contributed by atoms with Crippen molar-refractivity contribution >= 4 is 38.3 Å². The van der Waals surface area contributed by atoms with Crippen LogP contribution in [0.1, 0.15) is 6.92 Å². The van der Waals surface area contributed by atoms with Crippen molar-refractivity contribution in [3.63, 3.8) is 0 Å². The molecular weight excluding hydrogens is 480 g/mol. The maximum atomic E-state index is 13.1. The van der Waals surface area contributed by atoms with E-state index in [0.29, 0.717) is 55.7 Å². The largest absolute Gasteiger partial charge is 0.494 e. The van der Waals surface area contributed by atoms with Crippen molar-refractivity contribution in [3.05, 3.63) is 66.7 Å². The molecule has 1 fully saturated rings. The number of nitrogens with zero attached hydrogens (tertiary/aromatic N) is 2. The Morgan fingerprint density at radius 1 is 0.889 bits per heavy atom. The average Bonchev–Trinajstić information content (AvgIpc) is 2.90. The number of hydrogen-bond donors (Lipinski definition) is 2. The summed E-state index contributed by atoms with van der Waals surface area (Å²) in [5, 5.41) is 7.06. The van der Waals surface area contributed by atoms with Gasteiger partial charge >= 0.3 is 11.8 Å². The molecule has 4 rings (SSSR count). The van der Waals surface area contributed by atoms with Crippen molar-refractivity contribution < 1.29 is 22.7 Å². The van der Waals surface area contributed by atoms with E-state index in [4.69, 9.17) is 4.74 Å². The molecule has 0 atom stereocenters. The van der Waals surface area contributed by atoms with Crippen molar-refractivity contribution in [2.24, 2.45) is 0 Å². The molecule has 10 heteroatoms. The summed E-state index contributed by atoms with van der Waals surface area (Å²) in [4.78, 5) is 26.6. The maximum absolute atomic E-state index is 13.1. The van der Waals surface area contributed by atoms with Gasteiger partial charge in [-0.05, 0) is 54.1 Å². The number of hydrogen-bond acceptors (Lipinski definition) is 6. The van der Waals surface area contributed by atoms with Crippen LogP contribution in [0.25, 0.3) is 10.8 Å². The van der Waals surface area contributed by atoms with Gasteiger partial charge in [0.25, 0.3) is 0 Å². The molecule has 3 aromatic carbocycles. The van der Waals surface area contributed by atoms with Crippen LogP contribution < -0.4 is 15.4 Å². The van der Waals surface area contributed by atoms with Crippen LogP contribution >= 0.6 is 0 Å². The monoisotopic (exact) mass is 510 g/mol. The molecule has 2 amide bonds. The van der Waals surface area contributed by atoms with E-state index >= 15 is 0 Å². The van der Waals surface area contributed by atoms with E-state index < -0.39 is 21.8 Å². The van der Waals surface area contributed by atoms with Crippen LogP contribution in [0.15, 0.2) is 71.6 Å². The van der Waals surface area contributed by atoms with E-state index in [9.17, 15) is 18.0 Å². The number of ether oxygens (including phenoxy) is 1. The third-order valence-electron chi connectivity index (χ3n) is 6.03. The lowest BCUT2D eigenvalue weighted by molar-refractivity contribution is -0.136. The summed E-state index contributed by atoms with van der Waals surface area (Å²) < 4.78 is 33.1. The number of fused-ring (bicyclic) bond motifs is 1. The van der Waals surface area contributed by atoms with E-state index in [0.717, 1.165) is 10.8 Å². The molecule has 1 saturated heterocycles. The summed E-state index contributed by atoms with van der Waals surface area (Å²) in [6.07, 6.45) is 0. The summed E-state index contributed by atoms with van der Waals surface area (Å²) in [6, 6.07) is 19.6. The number of benzene rings is 3. The molecule has 0 radical (unpaired) electrons. The van der Waals surface area contributed by atoms with Crippen molar-refractivity contribution in [1.82, 2.24) is 14.5 Å². The Labute approximate surface area is 211 Å². The minimum atomic E-state index is -3.58. The Bertz CT molecular complexity index is 1320. The molecule has 1 aliphatic rings. The first-order valence-electron chi connectivity index (χ1n) is 11.9. The molecule has 0 unspecified atom stereocenters. The van der Waals surface area contributed by atoms with E-state index in [1.54, 1.807) is 36.4 Å². The van der Waals surface area contributed by atoms with Crippen LogP contribution in [0.2, 0.25) is 0 Å². The number of carbonyl (C=O) groups excluding carboxylic acids is 2. The average molecular weight is 511 g/mol. The van der Waals surface area contributed by atoms with E-state index in [1.807, 2.05) is 37.3 Å². The van der Waals surface area contributed by atoms with Crippen molar-refractivity contribution in [1.29, 1.82) is 0 Å². The van der Waals surface area contributed by atoms with Crippen LogP contribution in [-0.4, -0.2) is 75.3 Å². The number of amides is 2. The first-order chi connectivity index (χ1) is 17.4. The summed E-state index contributed by atoms with van der Waals surface area (Å²) in [5.74, 6) is -0.781. The fraction of sp³-hybridized carbons (Fsp3) is 0.308. The number of anilines is 1. The Kier molecular flexibility index (Phi) is 8.19. The first kappa shape index (κ1) is 25.6. The number of rotatable bonds is 8. The zero-order valence-corrected chi connectivity index (χ0v) is 21.0. The van der Waals surface area contributed by atoms with Gasteiger partial charge in [0, 0.05) is 45.0 Å². The van der Waals surface area contributed by atoms with E-state index in [2.05, 4.69) is 15.5 Å². The fourth-order valence-electron chi connectivity index (χ4n) is 4.07. The quantitative estimate of drug-likeness (QED) is 0.451. The second-order valence-electron chi connectivity index (χ2n) is 8.42. The fourth-order valence-corrected chi connectivity index (χ4v) is 5.53. The first-order valence-corrected chi connectivity index (χ1v) is 13.3. The summed E-state index contributed by atoms with van der Waals surface area (Å²) in [5.41, 5.74) is 0.502. The molecule has 0 spiro atoms. The van der Waals surface area contributed by atoms with Crippen LogP contribution in [0.4, 0.5) is 5.69 Å². The standard InChI is InChI=1S/C26H30N4O5S/c1-2-35-23-10-8-22(9-11-23)28-26(32)25(31)27-13-14-29-15-17-30(18-16-29)36(33,34)24-12-7-20-5-3-4-6-21(20)19-24/h3-12,19H,2,13-18H2,1H3,(H,27,31)(H,28,32). The lowest BCUT2D eigenvalue weighted by Gasteiger charge is -2.34. The van der Waals surface area contributed by atoms with Gasteiger partial charge in [0.05, 0.1) is 11.5 Å². The zero-order valence-electron chi connectivity index (χ0n) is 20.1. The lowest BCUT2D eigenvalue weighted by atomic mass is 10.1. The molecule has 190 valence electrons. The van der Waals surface area contributed by atoms with Crippen LogP contribution in [-0.2, 0) is 19.6 Å². The second kappa shape index (κ2) is 11.5. The smallest absolute Gasteiger partial charge is 0.313 e. The van der Waals surface area contributed by atoms with Gasteiger partial charge in [-0.3, -0.25) is 14.5 Å².